The highest BCUT2D eigenvalue weighted by Crippen LogP contribution is 2.44. The summed E-state index contributed by atoms with van der Waals surface area (Å²) in [5.41, 5.74) is -0.182. The Bertz CT molecular complexity index is 628. The van der Waals surface area contributed by atoms with Crippen LogP contribution in [0.5, 0.6) is 11.5 Å². The number of carboxylic acids is 1. The third-order valence-electron chi connectivity index (χ3n) is 3.91. The van der Waals surface area contributed by atoms with E-state index in [1.807, 2.05) is 13.8 Å². The lowest BCUT2D eigenvalue weighted by Gasteiger charge is -2.18. The SMILES string of the molecule is COc1ccc(C(=O)CC(C)(C)C(=O)O)c2c1OC(C)(C)C2. The van der Waals surface area contributed by atoms with Gasteiger partial charge in [-0.3, -0.25) is 9.59 Å². The molecule has 0 atom stereocenters. The third-order valence-corrected chi connectivity index (χ3v) is 3.91. The average Bonchev–Trinajstić information content (AvgIpc) is 2.71. The fraction of sp³-hybridized carbons (Fsp3) is 0.529. The largest absolute Gasteiger partial charge is 0.493 e. The molecule has 0 amide bonds. The molecule has 1 N–H and O–H groups in total. The highest BCUT2D eigenvalue weighted by molar-refractivity contribution is 6.01. The molecule has 5 heteroatoms. The fourth-order valence-electron chi connectivity index (χ4n) is 2.63. The van der Waals surface area contributed by atoms with E-state index in [4.69, 9.17) is 9.47 Å². The number of hydrogen-bond acceptors (Lipinski definition) is 4. The van der Waals surface area contributed by atoms with Gasteiger partial charge in [0, 0.05) is 24.0 Å². The molecule has 0 fully saturated rings. The molecule has 0 aromatic heterocycles. The van der Waals surface area contributed by atoms with Gasteiger partial charge in [0.25, 0.3) is 0 Å². The van der Waals surface area contributed by atoms with Crippen molar-refractivity contribution in [2.45, 2.75) is 46.1 Å². The van der Waals surface area contributed by atoms with E-state index in [9.17, 15) is 14.7 Å². The molecule has 1 aliphatic heterocycles. The number of methoxy groups -OCH3 is 1. The Kier molecular flexibility index (Phi) is 3.94. The van der Waals surface area contributed by atoms with Crippen molar-refractivity contribution < 1.29 is 24.2 Å². The summed E-state index contributed by atoms with van der Waals surface area (Å²) < 4.78 is 11.2. The van der Waals surface area contributed by atoms with Crippen LogP contribution < -0.4 is 9.47 Å². The average molecular weight is 306 g/mol. The number of benzene rings is 1. The molecule has 120 valence electrons. The van der Waals surface area contributed by atoms with Gasteiger partial charge in [-0.25, -0.2) is 0 Å². The number of fused-ring (bicyclic) bond motifs is 1. The molecule has 0 spiro atoms. The van der Waals surface area contributed by atoms with Gasteiger partial charge in [-0.1, -0.05) is 0 Å². The highest BCUT2D eigenvalue weighted by Gasteiger charge is 2.37. The van der Waals surface area contributed by atoms with Crippen LogP contribution in [0, 0.1) is 5.41 Å². The zero-order valence-corrected chi connectivity index (χ0v) is 13.6. The molecule has 0 unspecified atom stereocenters. The van der Waals surface area contributed by atoms with E-state index in [0.29, 0.717) is 23.5 Å². The van der Waals surface area contributed by atoms with Gasteiger partial charge in [-0.05, 0) is 39.8 Å². The molecule has 1 heterocycles. The second-order valence-electron chi connectivity index (χ2n) is 6.95. The number of ketones is 1. The Morgan fingerprint density at radius 2 is 2.00 bits per heavy atom. The first-order valence-electron chi connectivity index (χ1n) is 7.23. The topological polar surface area (TPSA) is 72.8 Å². The molecule has 22 heavy (non-hydrogen) atoms. The van der Waals surface area contributed by atoms with Crippen molar-refractivity contribution in [1.82, 2.24) is 0 Å². The Balaban J connectivity index is 2.40. The van der Waals surface area contributed by atoms with Crippen LogP contribution in [0.3, 0.4) is 0 Å². The molecule has 1 aliphatic rings. The molecular weight excluding hydrogens is 284 g/mol. The van der Waals surface area contributed by atoms with Crippen LogP contribution in [0.1, 0.15) is 50.0 Å². The number of hydrogen-bond donors (Lipinski definition) is 1. The van der Waals surface area contributed by atoms with Crippen LogP contribution in [-0.2, 0) is 11.2 Å². The Labute approximate surface area is 130 Å². The molecule has 0 radical (unpaired) electrons. The van der Waals surface area contributed by atoms with Gasteiger partial charge in [0.1, 0.15) is 5.60 Å². The molecule has 0 saturated carbocycles. The van der Waals surface area contributed by atoms with Crippen LogP contribution in [-0.4, -0.2) is 29.6 Å². The van der Waals surface area contributed by atoms with Crippen molar-refractivity contribution in [2.75, 3.05) is 7.11 Å². The molecule has 2 rings (SSSR count). The minimum atomic E-state index is -1.10. The molecule has 1 aromatic rings. The summed E-state index contributed by atoms with van der Waals surface area (Å²) in [7, 11) is 1.55. The van der Waals surface area contributed by atoms with Crippen LogP contribution in [0.25, 0.3) is 0 Å². The van der Waals surface area contributed by atoms with E-state index < -0.39 is 17.0 Å². The van der Waals surface area contributed by atoms with Crippen molar-refractivity contribution in [1.29, 1.82) is 0 Å². The van der Waals surface area contributed by atoms with Gasteiger partial charge in [0.05, 0.1) is 12.5 Å². The van der Waals surface area contributed by atoms with Gasteiger partial charge >= 0.3 is 5.97 Å². The smallest absolute Gasteiger partial charge is 0.309 e. The van der Waals surface area contributed by atoms with E-state index in [2.05, 4.69) is 0 Å². The van der Waals surface area contributed by atoms with Crippen molar-refractivity contribution in [3.05, 3.63) is 23.3 Å². The summed E-state index contributed by atoms with van der Waals surface area (Å²) in [4.78, 5) is 23.8. The monoisotopic (exact) mass is 306 g/mol. The van der Waals surface area contributed by atoms with E-state index in [1.165, 1.54) is 0 Å². The van der Waals surface area contributed by atoms with Crippen LogP contribution >= 0.6 is 0 Å². The summed E-state index contributed by atoms with van der Waals surface area (Å²) in [6.07, 6.45) is 0.537. The van der Waals surface area contributed by atoms with Crippen LogP contribution in [0.2, 0.25) is 0 Å². The Morgan fingerprint density at radius 3 is 2.55 bits per heavy atom. The molecule has 0 bridgehead atoms. The number of carboxylic acid groups (broad SMARTS) is 1. The number of carbonyl (C=O) groups excluding carboxylic acids is 1. The van der Waals surface area contributed by atoms with Crippen LogP contribution in [0.15, 0.2) is 12.1 Å². The molecule has 1 aromatic carbocycles. The second kappa shape index (κ2) is 5.30. The lowest BCUT2D eigenvalue weighted by molar-refractivity contribution is -0.146. The van der Waals surface area contributed by atoms with Crippen LogP contribution in [0.4, 0.5) is 0 Å². The van der Waals surface area contributed by atoms with Crippen molar-refractivity contribution in [2.24, 2.45) is 5.41 Å². The Hall–Kier alpha value is -2.04. The maximum Gasteiger partial charge on any atom is 0.309 e. The van der Waals surface area contributed by atoms with Crippen molar-refractivity contribution in [3.63, 3.8) is 0 Å². The number of rotatable bonds is 5. The summed E-state index contributed by atoms with van der Waals surface area (Å²) in [6.45, 7) is 7.00. The third kappa shape index (κ3) is 2.93. The minimum Gasteiger partial charge on any atom is -0.493 e. The van der Waals surface area contributed by atoms with Gasteiger partial charge in [-0.15, -0.1) is 0 Å². The van der Waals surface area contributed by atoms with E-state index in [-0.39, 0.29) is 12.2 Å². The van der Waals surface area contributed by atoms with E-state index in [1.54, 1.807) is 33.1 Å². The zero-order chi connectivity index (χ0) is 16.7. The van der Waals surface area contributed by atoms with Gasteiger partial charge < -0.3 is 14.6 Å². The molecule has 0 saturated heterocycles. The summed E-state index contributed by atoms with van der Waals surface area (Å²) in [5, 5.41) is 9.20. The predicted molar refractivity (Wildman–Crippen MR) is 81.8 cm³/mol. The standard InChI is InChI=1S/C17H22O5/c1-16(2,15(19)20)9-12(18)10-6-7-13(21-5)14-11(10)8-17(3,4)22-14/h6-7H,8-9H2,1-5H3,(H,19,20). The lowest BCUT2D eigenvalue weighted by atomic mass is 9.84. The molecule has 0 aliphatic carbocycles. The predicted octanol–water partition coefficient (Wildman–Crippen LogP) is 3.09. The van der Waals surface area contributed by atoms with Gasteiger partial charge in [0.2, 0.25) is 0 Å². The second-order valence-corrected chi connectivity index (χ2v) is 6.95. The summed E-state index contributed by atoms with van der Waals surface area (Å²) >= 11 is 0. The zero-order valence-electron chi connectivity index (χ0n) is 13.6. The maximum absolute atomic E-state index is 12.6. The quantitative estimate of drug-likeness (QED) is 0.846. The first-order chi connectivity index (χ1) is 10.1. The van der Waals surface area contributed by atoms with E-state index in [0.717, 1.165) is 5.56 Å². The number of carbonyl (C=O) groups is 2. The molecule has 5 nitrogen and oxygen atoms in total. The summed E-state index contributed by atoms with van der Waals surface area (Å²) in [5.74, 6) is 0.0105. The van der Waals surface area contributed by atoms with Gasteiger partial charge in [0.15, 0.2) is 17.3 Å². The number of ether oxygens (including phenoxy) is 2. The number of aliphatic carboxylic acids is 1. The normalized spacial score (nSPS) is 15.9. The fourth-order valence-corrected chi connectivity index (χ4v) is 2.63. The lowest BCUT2D eigenvalue weighted by Crippen LogP contribution is -2.27. The van der Waals surface area contributed by atoms with Gasteiger partial charge in [-0.2, -0.15) is 0 Å². The Morgan fingerprint density at radius 1 is 1.36 bits per heavy atom. The minimum absolute atomic E-state index is 0.0540. The maximum atomic E-state index is 12.6. The summed E-state index contributed by atoms with van der Waals surface area (Å²) in [6, 6.07) is 3.39. The molecular formula is C17H22O5. The van der Waals surface area contributed by atoms with Crippen molar-refractivity contribution in [3.8, 4) is 11.5 Å². The highest BCUT2D eigenvalue weighted by atomic mass is 16.5. The first-order valence-corrected chi connectivity index (χ1v) is 7.23. The first kappa shape index (κ1) is 16.3. The van der Waals surface area contributed by atoms with E-state index >= 15 is 0 Å². The van der Waals surface area contributed by atoms with Crippen molar-refractivity contribution >= 4 is 11.8 Å². The number of Topliss-reactive ketones (excluding diaryl/α,β-unsaturated/α-hetero) is 1.